The zero-order chi connectivity index (χ0) is 23.7. The van der Waals surface area contributed by atoms with E-state index in [1.54, 1.807) is 12.1 Å². The van der Waals surface area contributed by atoms with E-state index in [0.717, 1.165) is 24.0 Å². The average molecular weight is 474 g/mol. The van der Waals surface area contributed by atoms with Crippen LogP contribution in [0.1, 0.15) is 13.3 Å². The highest BCUT2D eigenvalue weighted by Gasteiger charge is 2.18. The number of benzene rings is 2. The molecule has 0 aliphatic heterocycles. The van der Waals surface area contributed by atoms with Gasteiger partial charge in [-0.3, -0.25) is 23.9 Å². The summed E-state index contributed by atoms with van der Waals surface area (Å²) in [7, 11) is 0. The zero-order valence-electron chi connectivity index (χ0n) is 18.6. The first-order chi connectivity index (χ1) is 16.6. The number of allylic oxidation sites excluding steroid dienone is 1. The number of nitrogens with one attached hydrogen (secondary N) is 1. The molecule has 1 amide bonds. The van der Waals surface area contributed by atoms with Crippen molar-refractivity contribution in [2.45, 2.75) is 31.6 Å². The number of nitrogens with zero attached hydrogens (tertiary/aromatic N) is 6. The minimum absolute atomic E-state index is 0.116. The third kappa shape index (κ3) is 3.75. The van der Waals surface area contributed by atoms with E-state index in [-0.39, 0.29) is 17.2 Å². The van der Waals surface area contributed by atoms with Gasteiger partial charge in [-0.05, 0) is 30.7 Å². The molecule has 0 atom stereocenters. The number of thioether (sulfide) groups is 1. The zero-order valence-corrected chi connectivity index (χ0v) is 19.5. The van der Waals surface area contributed by atoms with Crippen LogP contribution in [0.2, 0.25) is 0 Å². The lowest BCUT2D eigenvalue weighted by atomic mass is 10.2. The van der Waals surface area contributed by atoms with Crippen molar-refractivity contribution < 1.29 is 4.79 Å². The fourth-order valence-electron chi connectivity index (χ4n) is 4.03. The summed E-state index contributed by atoms with van der Waals surface area (Å²) in [5.74, 6) is 0.866. The Hall–Kier alpha value is -3.92. The van der Waals surface area contributed by atoms with Crippen molar-refractivity contribution in [3.63, 3.8) is 0 Å². The van der Waals surface area contributed by atoms with Gasteiger partial charge in [0.15, 0.2) is 5.16 Å². The van der Waals surface area contributed by atoms with Gasteiger partial charge in [-0.15, -0.1) is 16.8 Å². The van der Waals surface area contributed by atoms with Gasteiger partial charge in [-0.1, -0.05) is 49.0 Å². The molecule has 5 rings (SSSR count). The third-order valence-corrected chi connectivity index (χ3v) is 6.40. The Morgan fingerprint density at radius 3 is 2.65 bits per heavy atom. The normalized spacial score (nSPS) is 11.4. The summed E-state index contributed by atoms with van der Waals surface area (Å²) in [5.41, 5.74) is 2.37. The van der Waals surface area contributed by atoms with E-state index in [9.17, 15) is 9.59 Å². The molecule has 10 heteroatoms. The summed E-state index contributed by atoms with van der Waals surface area (Å²) in [6.07, 6.45) is 2.57. The molecule has 0 saturated carbocycles. The highest BCUT2D eigenvalue weighted by Crippen LogP contribution is 2.23. The van der Waals surface area contributed by atoms with Crippen LogP contribution in [0.3, 0.4) is 0 Å². The maximum absolute atomic E-state index is 12.9. The molecule has 172 valence electrons. The second kappa shape index (κ2) is 9.14. The van der Waals surface area contributed by atoms with Gasteiger partial charge >= 0.3 is 0 Å². The minimum Gasteiger partial charge on any atom is -0.310 e. The number of hydrogen-bond acceptors (Lipinski definition) is 6. The summed E-state index contributed by atoms with van der Waals surface area (Å²) in [4.78, 5) is 30.4. The number of imidazole rings is 1. The van der Waals surface area contributed by atoms with Crippen molar-refractivity contribution in [2.24, 2.45) is 0 Å². The van der Waals surface area contributed by atoms with Gasteiger partial charge in [-0.25, -0.2) is 4.98 Å². The van der Waals surface area contributed by atoms with Gasteiger partial charge < -0.3 is 4.57 Å². The van der Waals surface area contributed by atoms with E-state index < -0.39 is 0 Å². The Morgan fingerprint density at radius 1 is 1.09 bits per heavy atom. The van der Waals surface area contributed by atoms with Crippen LogP contribution in [0.25, 0.3) is 27.7 Å². The highest BCUT2D eigenvalue weighted by atomic mass is 32.2. The molecular formula is C24H23N7O2S. The van der Waals surface area contributed by atoms with Crippen molar-refractivity contribution in [3.8, 4) is 0 Å². The van der Waals surface area contributed by atoms with Crippen LogP contribution in [0.15, 0.2) is 71.1 Å². The summed E-state index contributed by atoms with van der Waals surface area (Å²) in [6, 6.07) is 15.1. The number of rotatable bonds is 8. The molecule has 0 fully saturated rings. The third-order valence-electron chi connectivity index (χ3n) is 5.48. The molecule has 0 radical (unpaired) electrons. The number of carbonyl (C=O) groups excluding carboxylic acids is 1. The Labute approximate surface area is 199 Å². The van der Waals surface area contributed by atoms with Crippen molar-refractivity contribution in [1.82, 2.24) is 28.7 Å². The van der Waals surface area contributed by atoms with E-state index >= 15 is 0 Å². The molecule has 0 aliphatic rings. The molecule has 0 saturated heterocycles. The molecule has 3 aromatic heterocycles. The second-order valence-electron chi connectivity index (χ2n) is 7.75. The van der Waals surface area contributed by atoms with Gasteiger partial charge in [0.25, 0.3) is 5.56 Å². The van der Waals surface area contributed by atoms with Crippen LogP contribution in [0.5, 0.6) is 0 Å². The number of carbonyl (C=O) groups is 1. The monoisotopic (exact) mass is 473 g/mol. The average Bonchev–Trinajstić information content (AvgIpc) is 3.42. The lowest BCUT2D eigenvalue weighted by Gasteiger charge is -2.10. The highest BCUT2D eigenvalue weighted by molar-refractivity contribution is 7.99. The first-order valence-electron chi connectivity index (χ1n) is 11.0. The summed E-state index contributed by atoms with van der Waals surface area (Å²) in [6.45, 7) is 6.89. The quantitative estimate of drug-likeness (QED) is 0.272. The largest absolute Gasteiger partial charge is 0.310 e. The fourth-order valence-corrected chi connectivity index (χ4v) is 4.77. The number of anilines is 1. The van der Waals surface area contributed by atoms with Crippen LogP contribution in [0.4, 0.5) is 5.95 Å². The first-order valence-corrected chi connectivity index (χ1v) is 12.0. The number of hydrogen-bond donors (Lipinski definition) is 1. The van der Waals surface area contributed by atoms with E-state index in [0.29, 0.717) is 34.3 Å². The number of para-hydroxylation sites is 3. The van der Waals surface area contributed by atoms with Crippen LogP contribution < -0.4 is 10.9 Å². The number of aryl methyl sites for hydroxylation is 1. The maximum atomic E-state index is 12.9. The van der Waals surface area contributed by atoms with Crippen molar-refractivity contribution in [2.75, 3.05) is 11.1 Å². The summed E-state index contributed by atoms with van der Waals surface area (Å²) < 4.78 is 5.36. The smallest absolute Gasteiger partial charge is 0.263 e. The molecule has 34 heavy (non-hydrogen) atoms. The lowest BCUT2D eigenvalue weighted by Crippen LogP contribution is -2.23. The topological polar surface area (TPSA) is 99.1 Å². The van der Waals surface area contributed by atoms with Gasteiger partial charge in [-0.2, -0.15) is 0 Å². The summed E-state index contributed by atoms with van der Waals surface area (Å²) in [5, 5.41) is 12.5. The molecular weight excluding hydrogens is 450 g/mol. The van der Waals surface area contributed by atoms with Gasteiger partial charge in [0, 0.05) is 13.1 Å². The Bertz CT molecular complexity index is 1600. The van der Waals surface area contributed by atoms with Crippen molar-refractivity contribution in [1.29, 1.82) is 0 Å². The Kier molecular flexibility index (Phi) is 5.89. The fraction of sp³-hybridized carbons (Fsp3) is 0.208. The molecule has 0 bridgehead atoms. The van der Waals surface area contributed by atoms with Crippen LogP contribution in [-0.2, 0) is 17.9 Å². The standard InChI is InChI=1S/C24H23N7O2S/c1-3-13-29-19-12-8-6-10-17(19)25-22(29)26-20(32)15-34-24-28-27-23-30(14-4-2)21(33)16-9-5-7-11-18(16)31(23)24/h4-12H,2-3,13-15H2,1H3,(H,25,26,32). The maximum Gasteiger partial charge on any atom is 0.263 e. The van der Waals surface area contributed by atoms with Crippen molar-refractivity contribution in [3.05, 3.63) is 71.5 Å². The van der Waals surface area contributed by atoms with E-state index in [4.69, 9.17) is 0 Å². The van der Waals surface area contributed by atoms with Crippen LogP contribution in [-0.4, -0.2) is 40.4 Å². The Morgan fingerprint density at radius 2 is 1.85 bits per heavy atom. The van der Waals surface area contributed by atoms with Gasteiger partial charge in [0.1, 0.15) is 0 Å². The molecule has 3 heterocycles. The first kappa shape index (κ1) is 21.9. The van der Waals surface area contributed by atoms with Gasteiger partial charge in [0.2, 0.25) is 17.6 Å². The van der Waals surface area contributed by atoms with Gasteiger partial charge in [0.05, 0.1) is 27.7 Å². The lowest BCUT2D eigenvalue weighted by molar-refractivity contribution is -0.113. The van der Waals surface area contributed by atoms with Crippen LogP contribution in [0, 0.1) is 0 Å². The molecule has 0 unspecified atom stereocenters. The van der Waals surface area contributed by atoms with Crippen LogP contribution >= 0.6 is 11.8 Å². The molecule has 0 aliphatic carbocycles. The molecule has 0 spiro atoms. The Balaban J connectivity index is 1.44. The SMILES string of the molecule is C=CCn1c(=O)c2ccccc2n2c(SCC(=O)Nc3nc4ccccc4n3CCC)nnc12. The van der Waals surface area contributed by atoms with Crippen molar-refractivity contribution >= 4 is 51.3 Å². The predicted molar refractivity (Wildman–Crippen MR) is 134 cm³/mol. The molecule has 9 nitrogen and oxygen atoms in total. The number of fused-ring (bicyclic) bond motifs is 4. The molecule has 2 aromatic carbocycles. The molecule has 5 aromatic rings. The second-order valence-corrected chi connectivity index (χ2v) is 8.69. The minimum atomic E-state index is -0.196. The van der Waals surface area contributed by atoms with E-state index in [1.807, 2.05) is 51.4 Å². The predicted octanol–water partition coefficient (Wildman–Crippen LogP) is 3.72. The summed E-state index contributed by atoms with van der Waals surface area (Å²) >= 11 is 1.26. The van der Waals surface area contributed by atoms with E-state index in [2.05, 4.69) is 34.0 Å². The number of aromatic nitrogens is 6. The van der Waals surface area contributed by atoms with E-state index in [1.165, 1.54) is 16.3 Å². The molecule has 1 N–H and O–H groups in total. The number of amides is 1.